The van der Waals surface area contributed by atoms with E-state index in [2.05, 4.69) is 15.3 Å². The maximum Gasteiger partial charge on any atom is 0.251 e. The van der Waals surface area contributed by atoms with Crippen molar-refractivity contribution in [3.8, 4) is 17.2 Å². The molecular formula is C29H25FN4O3. The summed E-state index contributed by atoms with van der Waals surface area (Å²) in [5.41, 5.74) is 4.05. The van der Waals surface area contributed by atoms with Crippen LogP contribution in [0.25, 0.3) is 16.7 Å². The molecule has 7 nitrogen and oxygen atoms in total. The fourth-order valence-corrected chi connectivity index (χ4v) is 3.82. The van der Waals surface area contributed by atoms with Crippen molar-refractivity contribution in [2.45, 2.75) is 13.0 Å². The molecule has 0 spiro atoms. The lowest BCUT2D eigenvalue weighted by atomic mass is 10.1. The summed E-state index contributed by atoms with van der Waals surface area (Å²) < 4.78 is 26.3. The number of carbonyl (C=O) groups is 1. The molecule has 0 saturated heterocycles. The average molecular weight is 497 g/mol. The average Bonchev–Trinajstić information content (AvgIpc) is 3.37. The highest BCUT2D eigenvalue weighted by Crippen LogP contribution is 2.22. The maximum atomic E-state index is 12.9. The minimum absolute atomic E-state index is 0.162. The zero-order valence-corrected chi connectivity index (χ0v) is 20.0. The lowest BCUT2D eigenvalue weighted by Crippen LogP contribution is -2.22. The Kier molecular flexibility index (Phi) is 7.36. The molecule has 0 aliphatic heterocycles. The number of ether oxygens (including phenoxy) is 2. The summed E-state index contributed by atoms with van der Waals surface area (Å²) in [6.45, 7) is 1.39. The van der Waals surface area contributed by atoms with Gasteiger partial charge in [0.2, 0.25) is 0 Å². The van der Waals surface area contributed by atoms with E-state index in [9.17, 15) is 9.18 Å². The Bertz CT molecular complexity index is 1470. The lowest BCUT2D eigenvalue weighted by molar-refractivity contribution is 0.0951. The monoisotopic (exact) mass is 496 g/mol. The lowest BCUT2D eigenvalue weighted by Gasteiger charge is -2.10. The second-order valence-electron chi connectivity index (χ2n) is 8.36. The maximum absolute atomic E-state index is 12.9. The first-order valence-electron chi connectivity index (χ1n) is 11.9. The van der Waals surface area contributed by atoms with Gasteiger partial charge in [0.15, 0.2) is 0 Å². The highest BCUT2D eigenvalue weighted by Gasteiger charge is 2.10. The number of nitrogens with one attached hydrogen (secondary N) is 1. The molecule has 5 aromatic rings. The van der Waals surface area contributed by atoms with Gasteiger partial charge in [0.1, 0.15) is 23.6 Å². The Morgan fingerprint density at radius 3 is 2.35 bits per heavy atom. The highest BCUT2D eigenvalue weighted by atomic mass is 19.1. The number of nitrogens with zero attached hydrogens (tertiary/aromatic N) is 3. The number of imidazole rings is 1. The zero-order chi connectivity index (χ0) is 25.5. The van der Waals surface area contributed by atoms with Crippen LogP contribution < -0.4 is 14.8 Å². The molecule has 0 aliphatic rings. The largest absolute Gasteiger partial charge is 0.493 e. The third kappa shape index (κ3) is 6.10. The van der Waals surface area contributed by atoms with Crippen molar-refractivity contribution in [3.63, 3.8) is 0 Å². The molecule has 0 saturated carbocycles. The predicted molar refractivity (Wildman–Crippen MR) is 138 cm³/mol. The van der Waals surface area contributed by atoms with Crippen LogP contribution in [0, 0.1) is 5.82 Å². The molecule has 1 amide bonds. The smallest absolute Gasteiger partial charge is 0.251 e. The summed E-state index contributed by atoms with van der Waals surface area (Å²) >= 11 is 0. The van der Waals surface area contributed by atoms with E-state index in [1.807, 2.05) is 47.0 Å². The summed E-state index contributed by atoms with van der Waals surface area (Å²) in [6, 6.07) is 22.9. The Labute approximate surface area is 213 Å². The van der Waals surface area contributed by atoms with Gasteiger partial charge < -0.3 is 14.8 Å². The van der Waals surface area contributed by atoms with Crippen molar-refractivity contribution in [2.75, 3.05) is 13.2 Å². The summed E-state index contributed by atoms with van der Waals surface area (Å²) in [4.78, 5) is 21.1. The van der Waals surface area contributed by atoms with Gasteiger partial charge in [0, 0.05) is 36.6 Å². The van der Waals surface area contributed by atoms with Crippen molar-refractivity contribution in [3.05, 3.63) is 115 Å². The minimum atomic E-state index is -0.285. The standard InChI is InChI=1S/C29H25FN4O3/c30-23-5-9-25(10-6-23)36-15-2-16-37-26-11-7-24(8-12-26)34-20-33-27-17-22(4-13-28(27)34)29(35)32-19-21-3-1-14-31-18-21/h1,3-14,17-18,20H,2,15-16,19H2,(H,32,35). The Hall–Kier alpha value is -4.72. The van der Waals surface area contributed by atoms with Crippen LogP contribution >= 0.6 is 0 Å². The molecule has 186 valence electrons. The number of halogens is 1. The molecule has 5 rings (SSSR count). The van der Waals surface area contributed by atoms with Crippen LogP contribution in [0.4, 0.5) is 4.39 Å². The summed E-state index contributed by atoms with van der Waals surface area (Å²) in [6.07, 6.45) is 5.87. The van der Waals surface area contributed by atoms with Gasteiger partial charge in [-0.2, -0.15) is 0 Å². The van der Waals surface area contributed by atoms with Crippen LogP contribution in [0.3, 0.4) is 0 Å². The summed E-state index contributed by atoms with van der Waals surface area (Å²) in [7, 11) is 0. The van der Waals surface area contributed by atoms with Crippen LogP contribution in [0.2, 0.25) is 0 Å². The Morgan fingerprint density at radius 2 is 1.65 bits per heavy atom. The summed E-state index contributed by atoms with van der Waals surface area (Å²) in [5.74, 6) is 0.941. The molecule has 2 heterocycles. The van der Waals surface area contributed by atoms with Gasteiger partial charge in [-0.1, -0.05) is 6.07 Å². The molecule has 8 heteroatoms. The number of hydrogen-bond donors (Lipinski definition) is 1. The van der Waals surface area contributed by atoms with E-state index in [1.165, 1.54) is 12.1 Å². The van der Waals surface area contributed by atoms with E-state index in [4.69, 9.17) is 9.47 Å². The second kappa shape index (κ2) is 11.3. The first kappa shape index (κ1) is 24.0. The first-order valence-corrected chi connectivity index (χ1v) is 11.9. The molecule has 37 heavy (non-hydrogen) atoms. The number of fused-ring (bicyclic) bond motifs is 1. The van der Waals surface area contributed by atoms with E-state index >= 15 is 0 Å². The van der Waals surface area contributed by atoms with Gasteiger partial charge in [-0.3, -0.25) is 14.3 Å². The number of rotatable bonds is 10. The van der Waals surface area contributed by atoms with Crippen molar-refractivity contribution in [1.29, 1.82) is 0 Å². The van der Waals surface area contributed by atoms with Crippen molar-refractivity contribution < 1.29 is 18.7 Å². The molecular weight excluding hydrogens is 471 g/mol. The number of pyridine rings is 1. The third-order valence-electron chi connectivity index (χ3n) is 5.74. The predicted octanol–water partition coefficient (Wildman–Crippen LogP) is 5.34. The molecule has 0 unspecified atom stereocenters. The van der Waals surface area contributed by atoms with E-state index in [0.717, 1.165) is 28.0 Å². The van der Waals surface area contributed by atoms with Gasteiger partial charge >= 0.3 is 0 Å². The molecule has 0 bridgehead atoms. The van der Waals surface area contributed by atoms with Crippen LogP contribution in [0.15, 0.2) is 97.6 Å². The van der Waals surface area contributed by atoms with Gasteiger partial charge in [-0.15, -0.1) is 0 Å². The second-order valence-corrected chi connectivity index (χ2v) is 8.36. The van der Waals surface area contributed by atoms with Gasteiger partial charge in [-0.25, -0.2) is 9.37 Å². The molecule has 1 N–H and O–H groups in total. The van der Waals surface area contributed by atoms with Crippen molar-refractivity contribution in [1.82, 2.24) is 19.9 Å². The van der Waals surface area contributed by atoms with E-state index in [1.54, 1.807) is 43.0 Å². The van der Waals surface area contributed by atoms with Crippen LogP contribution in [0.1, 0.15) is 22.3 Å². The molecule has 0 atom stereocenters. The molecule has 0 aliphatic carbocycles. The van der Waals surface area contributed by atoms with Crippen molar-refractivity contribution in [2.24, 2.45) is 0 Å². The number of carbonyl (C=O) groups excluding carboxylic acids is 1. The molecule has 0 fully saturated rings. The molecule has 2 aromatic heterocycles. The normalized spacial score (nSPS) is 10.8. The number of benzene rings is 3. The number of hydrogen-bond acceptors (Lipinski definition) is 5. The Balaban J connectivity index is 1.15. The number of aromatic nitrogens is 3. The topological polar surface area (TPSA) is 78.3 Å². The van der Waals surface area contributed by atoms with E-state index in [-0.39, 0.29) is 11.7 Å². The summed E-state index contributed by atoms with van der Waals surface area (Å²) in [5, 5.41) is 2.91. The minimum Gasteiger partial charge on any atom is -0.493 e. The van der Waals surface area contributed by atoms with E-state index in [0.29, 0.717) is 37.5 Å². The zero-order valence-electron chi connectivity index (χ0n) is 20.0. The third-order valence-corrected chi connectivity index (χ3v) is 5.74. The quantitative estimate of drug-likeness (QED) is 0.264. The fraction of sp³-hybridized carbons (Fsp3) is 0.138. The Morgan fingerprint density at radius 1 is 0.919 bits per heavy atom. The highest BCUT2D eigenvalue weighted by molar-refractivity contribution is 5.97. The van der Waals surface area contributed by atoms with Crippen LogP contribution in [-0.2, 0) is 6.54 Å². The SMILES string of the molecule is O=C(NCc1cccnc1)c1ccc2c(c1)ncn2-c1ccc(OCCCOc2ccc(F)cc2)cc1. The van der Waals surface area contributed by atoms with Crippen molar-refractivity contribution >= 4 is 16.9 Å². The molecule has 3 aromatic carbocycles. The van der Waals surface area contributed by atoms with Gasteiger partial charge in [0.05, 0.1) is 24.2 Å². The first-order chi connectivity index (χ1) is 18.2. The van der Waals surface area contributed by atoms with Gasteiger partial charge in [0.25, 0.3) is 5.91 Å². The number of amides is 1. The molecule has 0 radical (unpaired) electrons. The van der Waals surface area contributed by atoms with Crippen LogP contribution in [0.5, 0.6) is 11.5 Å². The van der Waals surface area contributed by atoms with E-state index < -0.39 is 0 Å². The van der Waals surface area contributed by atoms with Crippen LogP contribution in [-0.4, -0.2) is 33.7 Å². The van der Waals surface area contributed by atoms with Gasteiger partial charge in [-0.05, 0) is 78.4 Å². The fourth-order valence-electron chi connectivity index (χ4n) is 3.82.